The van der Waals surface area contributed by atoms with E-state index < -0.39 is 46.7 Å². The fourth-order valence-electron chi connectivity index (χ4n) is 7.50. The van der Waals surface area contributed by atoms with E-state index in [1.54, 1.807) is 24.5 Å². The number of ether oxygens (including phenoxy) is 2. The molecule has 0 amide bonds. The van der Waals surface area contributed by atoms with Crippen LogP contribution in [0.4, 0.5) is 11.4 Å². The van der Waals surface area contributed by atoms with Crippen LogP contribution < -0.4 is 10.1 Å². The third kappa shape index (κ3) is 4.45. The molecule has 0 radical (unpaired) electrons. The van der Waals surface area contributed by atoms with Gasteiger partial charge in [-0.05, 0) is 67.3 Å². The molecule has 230 valence electrons. The van der Waals surface area contributed by atoms with Crippen LogP contribution in [0.1, 0.15) is 50.1 Å². The van der Waals surface area contributed by atoms with E-state index in [-0.39, 0.29) is 29.4 Å². The number of carbonyl (C=O) groups excluding carboxylic acids is 3. The highest BCUT2D eigenvalue weighted by Gasteiger charge is 2.68. The van der Waals surface area contributed by atoms with Gasteiger partial charge < -0.3 is 24.4 Å². The number of aromatic nitrogens is 2. The van der Waals surface area contributed by atoms with Crippen LogP contribution in [0.3, 0.4) is 0 Å². The summed E-state index contributed by atoms with van der Waals surface area (Å²) in [5, 5.41) is 18.4. The molecule has 45 heavy (non-hydrogen) atoms. The molecule has 2 aromatic heterocycles. The Labute approximate surface area is 259 Å². The standard InChI is InChI=1S/C34H32N4O7/c1-38(2)28-23-15-20-13-19-14-22(36-21-9-11-35-12-10-21)16-24(39)25(19)29(40)26(20)31(41)34(23,43-3)32(42)27-30(28)45-37-33(27)44-17-18-7-5-4-6-8-18/h4-12,14,16,20,23,26,28,39H,13,15,17H2,1-3H3,(H,35,36). The average Bonchev–Trinajstić information content (AvgIpc) is 3.44. The number of anilines is 2. The molecule has 2 aromatic carbocycles. The lowest BCUT2D eigenvalue weighted by Crippen LogP contribution is -2.67. The minimum atomic E-state index is -1.97. The molecule has 11 nitrogen and oxygen atoms in total. The normalized spacial score (nSPS) is 25.3. The molecule has 7 rings (SSSR count). The van der Waals surface area contributed by atoms with E-state index in [1.807, 2.05) is 55.4 Å². The van der Waals surface area contributed by atoms with Crippen LogP contribution in [0, 0.1) is 17.8 Å². The van der Waals surface area contributed by atoms with Crippen molar-refractivity contribution in [1.82, 2.24) is 15.0 Å². The van der Waals surface area contributed by atoms with E-state index in [4.69, 9.17) is 14.0 Å². The van der Waals surface area contributed by atoms with Crippen LogP contribution in [-0.4, -0.2) is 64.3 Å². The highest BCUT2D eigenvalue weighted by atomic mass is 16.5. The fourth-order valence-corrected chi connectivity index (χ4v) is 7.50. The van der Waals surface area contributed by atoms with E-state index in [9.17, 15) is 19.5 Å². The van der Waals surface area contributed by atoms with Gasteiger partial charge in [0.05, 0.1) is 17.5 Å². The predicted octanol–water partition coefficient (Wildman–Crippen LogP) is 4.54. The quantitative estimate of drug-likeness (QED) is 0.285. The maximum atomic E-state index is 14.6. The molecule has 2 heterocycles. The van der Waals surface area contributed by atoms with E-state index in [2.05, 4.69) is 15.5 Å². The fraction of sp³-hybridized carbons (Fsp3) is 0.324. The van der Waals surface area contributed by atoms with Gasteiger partial charge in [-0.2, -0.15) is 0 Å². The largest absolute Gasteiger partial charge is 0.507 e. The zero-order chi connectivity index (χ0) is 31.5. The third-order valence-electron chi connectivity index (χ3n) is 9.38. The highest BCUT2D eigenvalue weighted by Crippen LogP contribution is 2.56. The van der Waals surface area contributed by atoms with Crippen molar-refractivity contribution in [2.75, 3.05) is 26.5 Å². The van der Waals surface area contributed by atoms with Gasteiger partial charge in [0.2, 0.25) is 5.78 Å². The minimum Gasteiger partial charge on any atom is -0.507 e. The molecular formula is C34H32N4O7. The van der Waals surface area contributed by atoms with Gasteiger partial charge in [0.15, 0.2) is 22.9 Å². The number of ketones is 3. The maximum absolute atomic E-state index is 14.6. The lowest BCUT2D eigenvalue weighted by molar-refractivity contribution is -0.159. The summed E-state index contributed by atoms with van der Waals surface area (Å²) in [7, 11) is 5.00. The van der Waals surface area contributed by atoms with Crippen LogP contribution in [0.15, 0.2) is 71.5 Å². The van der Waals surface area contributed by atoms with Crippen molar-refractivity contribution in [3.05, 3.63) is 95.0 Å². The molecular weight excluding hydrogens is 576 g/mol. The Morgan fingerprint density at radius 3 is 2.51 bits per heavy atom. The predicted molar refractivity (Wildman–Crippen MR) is 162 cm³/mol. The Bertz CT molecular complexity index is 1810. The van der Waals surface area contributed by atoms with Gasteiger partial charge in [-0.25, -0.2) is 0 Å². The lowest BCUT2D eigenvalue weighted by atomic mass is 9.54. The van der Waals surface area contributed by atoms with Crippen molar-refractivity contribution >= 4 is 28.7 Å². The molecule has 1 saturated carbocycles. The summed E-state index contributed by atoms with van der Waals surface area (Å²) in [6.07, 6.45) is 3.98. The first-order valence-corrected chi connectivity index (χ1v) is 14.8. The van der Waals surface area contributed by atoms with Crippen molar-refractivity contribution in [2.24, 2.45) is 17.8 Å². The van der Waals surface area contributed by atoms with Gasteiger partial charge in [-0.15, -0.1) is 0 Å². The zero-order valence-electron chi connectivity index (χ0n) is 25.0. The molecule has 1 fully saturated rings. The molecule has 4 aromatic rings. The number of pyridine rings is 1. The Morgan fingerprint density at radius 1 is 1.04 bits per heavy atom. The van der Waals surface area contributed by atoms with E-state index in [0.717, 1.165) is 11.3 Å². The SMILES string of the molecule is COC12C(=O)c3c(OCc4ccccc4)noc3C(N(C)C)C1CC1Cc3cc(Nc4ccncc4)cc(O)c3C(=O)C1C2=O. The topological polar surface area (TPSA) is 144 Å². The summed E-state index contributed by atoms with van der Waals surface area (Å²) < 4.78 is 17.7. The number of Topliss-reactive ketones (excluding diaryl/α,β-unsaturated/α-hetero) is 3. The van der Waals surface area contributed by atoms with Gasteiger partial charge in [0.25, 0.3) is 5.88 Å². The van der Waals surface area contributed by atoms with E-state index in [0.29, 0.717) is 29.9 Å². The zero-order valence-corrected chi connectivity index (χ0v) is 25.0. The van der Waals surface area contributed by atoms with Crippen molar-refractivity contribution < 1.29 is 33.5 Å². The molecule has 0 saturated heterocycles. The van der Waals surface area contributed by atoms with Gasteiger partial charge >= 0.3 is 0 Å². The number of aromatic hydroxyl groups is 1. The van der Waals surface area contributed by atoms with Crippen LogP contribution in [0.5, 0.6) is 11.6 Å². The number of hydrogen-bond donors (Lipinski definition) is 2. The van der Waals surface area contributed by atoms with Gasteiger partial charge in [0, 0.05) is 42.9 Å². The maximum Gasteiger partial charge on any atom is 0.265 e. The second kappa shape index (κ2) is 10.9. The number of methoxy groups -OCH3 is 1. The number of carbonyl (C=O) groups is 3. The number of phenolic OH excluding ortho intramolecular Hbond substituents is 1. The number of nitrogens with zero attached hydrogens (tertiary/aromatic N) is 3. The van der Waals surface area contributed by atoms with Gasteiger partial charge in [0.1, 0.15) is 17.9 Å². The summed E-state index contributed by atoms with van der Waals surface area (Å²) in [5.74, 6) is -3.96. The number of fused-ring (bicyclic) bond motifs is 4. The van der Waals surface area contributed by atoms with Crippen molar-refractivity contribution in [2.45, 2.75) is 31.1 Å². The van der Waals surface area contributed by atoms with Crippen LogP contribution in [0.25, 0.3) is 0 Å². The van der Waals surface area contributed by atoms with Crippen LogP contribution in [0.2, 0.25) is 0 Å². The number of benzene rings is 2. The van der Waals surface area contributed by atoms with Crippen molar-refractivity contribution in [3.8, 4) is 11.6 Å². The first-order chi connectivity index (χ1) is 21.7. The van der Waals surface area contributed by atoms with E-state index >= 15 is 0 Å². The third-order valence-corrected chi connectivity index (χ3v) is 9.38. The van der Waals surface area contributed by atoms with Gasteiger partial charge in [-0.1, -0.05) is 30.3 Å². The monoisotopic (exact) mass is 608 g/mol. The summed E-state index contributed by atoms with van der Waals surface area (Å²) >= 11 is 0. The van der Waals surface area contributed by atoms with Crippen molar-refractivity contribution in [1.29, 1.82) is 0 Å². The molecule has 5 atom stereocenters. The smallest absolute Gasteiger partial charge is 0.265 e. The number of nitrogens with one attached hydrogen (secondary N) is 1. The molecule has 0 bridgehead atoms. The Hall–Kier alpha value is -4.87. The second-order valence-corrected chi connectivity index (χ2v) is 12.1. The minimum absolute atomic E-state index is 0.0253. The lowest BCUT2D eigenvalue weighted by Gasteiger charge is -2.52. The highest BCUT2D eigenvalue weighted by molar-refractivity contribution is 6.27. The molecule has 2 N–H and O–H groups in total. The Balaban J connectivity index is 1.27. The van der Waals surface area contributed by atoms with Crippen molar-refractivity contribution in [3.63, 3.8) is 0 Å². The number of rotatable bonds is 7. The Kier molecular flexibility index (Phi) is 7.02. The molecule has 3 aliphatic carbocycles. The van der Waals surface area contributed by atoms with Crippen LogP contribution >= 0.6 is 0 Å². The number of phenols is 1. The summed E-state index contributed by atoms with van der Waals surface area (Å²) in [6.45, 7) is 0.133. The molecule has 3 aliphatic rings. The first kappa shape index (κ1) is 28.9. The molecule has 11 heteroatoms. The first-order valence-electron chi connectivity index (χ1n) is 14.8. The second-order valence-electron chi connectivity index (χ2n) is 12.1. The molecule has 0 aliphatic heterocycles. The summed E-state index contributed by atoms with van der Waals surface area (Å²) in [6, 6.07) is 15.7. The summed E-state index contributed by atoms with van der Waals surface area (Å²) in [5.41, 5.74) is 1.05. The Morgan fingerprint density at radius 2 is 1.80 bits per heavy atom. The summed E-state index contributed by atoms with van der Waals surface area (Å²) in [4.78, 5) is 49.1. The van der Waals surface area contributed by atoms with Crippen LogP contribution in [-0.2, 0) is 22.6 Å². The molecule has 0 spiro atoms. The number of hydrogen-bond acceptors (Lipinski definition) is 11. The average molecular weight is 609 g/mol. The molecule has 5 unspecified atom stereocenters. The van der Waals surface area contributed by atoms with Gasteiger partial charge in [-0.3, -0.25) is 24.3 Å². The van der Waals surface area contributed by atoms with E-state index in [1.165, 1.54) is 13.2 Å².